The number of methoxy groups -OCH3 is 2. The molecule has 4 rings (SSSR count). The van der Waals surface area contributed by atoms with Crippen molar-refractivity contribution < 1.29 is 19.0 Å². The number of aryl methyl sites for hydroxylation is 5. The molecule has 1 heterocycles. The van der Waals surface area contributed by atoms with Crippen molar-refractivity contribution in [2.45, 2.75) is 65.6 Å². The Morgan fingerprint density at radius 2 is 1.32 bits per heavy atom. The van der Waals surface area contributed by atoms with Crippen LogP contribution in [0.5, 0.6) is 11.5 Å². The number of carbonyl (C=O) groups excluding carboxylic acids is 1. The lowest BCUT2D eigenvalue weighted by molar-refractivity contribution is -0.143. The molecule has 0 N–H and O–H groups in total. The number of hydrogen-bond acceptors (Lipinski definition) is 5. The lowest BCUT2D eigenvalue weighted by atomic mass is 9.92. The van der Waals surface area contributed by atoms with E-state index in [9.17, 15) is 4.79 Å². The van der Waals surface area contributed by atoms with E-state index in [0.717, 1.165) is 57.7 Å². The molecule has 0 spiro atoms. The van der Waals surface area contributed by atoms with Crippen LogP contribution >= 0.6 is 0 Å². The van der Waals surface area contributed by atoms with Crippen molar-refractivity contribution in [2.24, 2.45) is 0 Å². The number of rotatable bonds is 10. The van der Waals surface area contributed by atoms with Gasteiger partial charge in [0.25, 0.3) is 0 Å². The van der Waals surface area contributed by atoms with Crippen LogP contribution in [0.1, 0.15) is 58.3 Å². The second kappa shape index (κ2) is 11.4. The van der Waals surface area contributed by atoms with Crippen molar-refractivity contribution in [3.05, 3.63) is 93.5 Å². The first-order valence-electron chi connectivity index (χ1n) is 13.1. The molecule has 0 bridgehead atoms. The van der Waals surface area contributed by atoms with Crippen molar-refractivity contribution >= 4 is 5.97 Å². The van der Waals surface area contributed by atoms with Crippen LogP contribution < -0.4 is 9.47 Å². The van der Waals surface area contributed by atoms with Gasteiger partial charge in [0, 0.05) is 6.04 Å². The molecule has 0 saturated carbocycles. The maximum absolute atomic E-state index is 13.2. The molecule has 1 aliphatic rings. The number of nitrogens with zero attached hydrogens (tertiary/aromatic N) is 1. The van der Waals surface area contributed by atoms with Crippen LogP contribution in [0.4, 0.5) is 0 Å². The highest BCUT2D eigenvalue weighted by Gasteiger charge is 2.56. The largest absolute Gasteiger partial charge is 0.496 e. The Labute approximate surface area is 221 Å². The summed E-state index contributed by atoms with van der Waals surface area (Å²) in [7, 11) is 3.42. The third-order valence-corrected chi connectivity index (χ3v) is 7.38. The van der Waals surface area contributed by atoms with E-state index in [4.69, 9.17) is 14.2 Å². The summed E-state index contributed by atoms with van der Waals surface area (Å²) in [6, 6.07) is 19.0. The predicted molar refractivity (Wildman–Crippen MR) is 148 cm³/mol. The number of esters is 1. The van der Waals surface area contributed by atoms with Crippen LogP contribution in [0.2, 0.25) is 0 Å². The van der Waals surface area contributed by atoms with Crippen LogP contribution in [0.15, 0.2) is 54.6 Å². The molecule has 5 nitrogen and oxygen atoms in total. The molecule has 1 aliphatic heterocycles. The Morgan fingerprint density at radius 3 is 1.76 bits per heavy atom. The van der Waals surface area contributed by atoms with Crippen LogP contribution in [0, 0.1) is 27.7 Å². The lowest BCUT2D eigenvalue weighted by Crippen LogP contribution is -2.21. The summed E-state index contributed by atoms with van der Waals surface area (Å²) in [4.78, 5) is 15.5. The first kappa shape index (κ1) is 26.7. The fraction of sp³-hybridized carbons (Fsp3) is 0.406. The molecular formula is C32H39NO4. The summed E-state index contributed by atoms with van der Waals surface area (Å²) in [6.45, 7) is 10.6. The van der Waals surface area contributed by atoms with Gasteiger partial charge in [-0.2, -0.15) is 0 Å². The molecular weight excluding hydrogens is 462 g/mol. The van der Waals surface area contributed by atoms with Crippen LogP contribution in [0.3, 0.4) is 0 Å². The van der Waals surface area contributed by atoms with E-state index in [1.165, 1.54) is 5.56 Å². The zero-order valence-electron chi connectivity index (χ0n) is 23.1. The average Bonchev–Trinajstić information content (AvgIpc) is 3.57. The van der Waals surface area contributed by atoms with Gasteiger partial charge >= 0.3 is 5.97 Å². The number of hydrogen-bond donors (Lipinski definition) is 0. The molecule has 3 atom stereocenters. The van der Waals surface area contributed by atoms with Gasteiger partial charge < -0.3 is 14.2 Å². The summed E-state index contributed by atoms with van der Waals surface area (Å²) in [5.41, 5.74) is 7.91. The van der Waals surface area contributed by atoms with Crippen molar-refractivity contribution in [2.75, 3.05) is 20.8 Å². The first-order chi connectivity index (χ1) is 17.8. The summed E-state index contributed by atoms with van der Waals surface area (Å²) in [6.07, 6.45) is 1.79. The first-order valence-corrected chi connectivity index (χ1v) is 13.1. The fourth-order valence-corrected chi connectivity index (χ4v) is 5.89. The minimum atomic E-state index is -0.279. The van der Waals surface area contributed by atoms with E-state index >= 15 is 0 Å². The van der Waals surface area contributed by atoms with Crippen LogP contribution in [0.25, 0.3) is 0 Å². The number of benzene rings is 3. The van der Waals surface area contributed by atoms with Gasteiger partial charge in [0.15, 0.2) is 0 Å². The van der Waals surface area contributed by atoms with Gasteiger partial charge in [0.1, 0.15) is 17.5 Å². The fourth-order valence-electron chi connectivity index (χ4n) is 5.89. The molecule has 196 valence electrons. The van der Waals surface area contributed by atoms with Crippen molar-refractivity contribution in [3.8, 4) is 11.5 Å². The topological polar surface area (TPSA) is 47.8 Å². The highest BCUT2D eigenvalue weighted by molar-refractivity contribution is 5.80. The van der Waals surface area contributed by atoms with Gasteiger partial charge in [-0.3, -0.25) is 9.69 Å². The zero-order chi connectivity index (χ0) is 26.7. The van der Waals surface area contributed by atoms with E-state index < -0.39 is 0 Å². The van der Waals surface area contributed by atoms with E-state index in [1.54, 1.807) is 14.2 Å². The highest BCUT2D eigenvalue weighted by Crippen LogP contribution is 2.47. The molecule has 0 amide bonds. The third-order valence-electron chi connectivity index (χ3n) is 7.38. The minimum Gasteiger partial charge on any atom is -0.496 e. The zero-order valence-corrected chi connectivity index (χ0v) is 23.1. The van der Waals surface area contributed by atoms with Gasteiger partial charge in [-0.25, -0.2) is 0 Å². The Kier molecular flexibility index (Phi) is 8.23. The van der Waals surface area contributed by atoms with Crippen LogP contribution in [-0.4, -0.2) is 43.8 Å². The molecule has 0 radical (unpaired) electrons. The molecule has 0 aromatic heterocycles. The number of carbonyl (C=O) groups is 1. The molecule has 5 heteroatoms. The van der Waals surface area contributed by atoms with Gasteiger partial charge in [0.05, 0.1) is 26.9 Å². The third kappa shape index (κ3) is 5.52. The Hall–Kier alpha value is -3.31. The molecule has 1 unspecified atom stereocenters. The van der Waals surface area contributed by atoms with E-state index in [1.807, 2.05) is 13.0 Å². The summed E-state index contributed by atoms with van der Waals surface area (Å²) in [5.74, 6) is 1.66. The van der Waals surface area contributed by atoms with Gasteiger partial charge in [-0.15, -0.1) is 0 Å². The highest BCUT2D eigenvalue weighted by atomic mass is 16.5. The molecule has 3 aromatic rings. The Balaban J connectivity index is 1.79. The SMILES string of the molecule is CCOC(=O)[C@H]1[C@@H](CCc2ccccc2)N1C(c1cc(C)c(OC)c(C)c1)c1cc(C)c(OC)c(C)c1. The summed E-state index contributed by atoms with van der Waals surface area (Å²) < 4.78 is 16.9. The molecule has 0 aliphatic carbocycles. The molecule has 3 aromatic carbocycles. The lowest BCUT2D eigenvalue weighted by Gasteiger charge is -2.25. The second-order valence-electron chi connectivity index (χ2n) is 10.0. The number of ether oxygens (including phenoxy) is 3. The van der Waals surface area contributed by atoms with Crippen molar-refractivity contribution in [3.63, 3.8) is 0 Å². The quantitative estimate of drug-likeness (QED) is 0.242. The van der Waals surface area contributed by atoms with Crippen molar-refractivity contribution in [1.29, 1.82) is 0 Å². The van der Waals surface area contributed by atoms with E-state index in [2.05, 4.69) is 81.1 Å². The van der Waals surface area contributed by atoms with Gasteiger partial charge in [-0.05, 0) is 86.4 Å². The maximum atomic E-state index is 13.2. The van der Waals surface area contributed by atoms with Crippen molar-refractivity contribution in [1.82, 2.24) is 4.90 Å². The molecule has 1 saturated heterocycles. The standard InChI is InChI=1S/C32H39NO4/c1-8-37-32(34)29-27(15-14-24-12-10-9-11-13-24)33(29)28(25-16-20(2)30(35-6)21(3)17-25)26-18-22(4)31(36-7)23(5)19-26/h9-13,16-19,27-29H,8,14-15H2,1-7H3/t27-,29-,33?/m1/s1. The molecule has 1 fully saturated rings. The predicted octanol–water partition coefficient (Wildman–Crippen LogP) is 6.28. The Morgan fingerprint density at radius 1 is 0.838 bits per heavy atom. The summed E-state index contributed by atoms with van der Waals surface area (Å²) >= 11 is 0. The van der Waals surface area contributed by atoms with E-state index in [-0.39, 0.29) is 24.1 Å². The smallest absolute Gasteiger partial charge is 0.325 e. The second-order valence-corrected chi connectivity index (χ2v) is 10.0. The van der Waals surface area contributed by atoms with E-state index in [0.29, 0.717) is 6.61 Å². The van der Waals surface area contributed by atoms with Gasteiger partial charge in [0.2, 0.25) is 0 Å². The Bertz CT molecular complexity index is 1150. The monoisotopic (exact) mass is 501 g/mol. The molecule has 37 heavy (non-hydrogen) atoms. The summed E-state index contributed by atoms with van der Waals surface area (Å²) in [5, 5.41) is 0. The maximum Gasteiger partial charge on any atom is 0.325 e. The van der Waals surface area contributed by atoms with Crippen LogP contribution in [-0.2, 0) is 16.0 Å². The van der Waals surface area contributed by atoms with Gasteiger partial charge in [-0.1, -0.05) is 54.6 Å². The minimum absolute atomic E-state index is 0.0923. The average molecular weight is 502 g/mol. The normalized spacial score (nSPS) is 18.5.